The van der Waals surface area contributed by atoms with Gasteiger partial charge in [-0.1, -0.05) is 36.4 Å². The van der Waals surface area contributed by atoms with Crippen LogP contribution < -0.4 is 0 Å². The Labute approximate surface area is 140 Å². The third-order valence-electron chi connectivity index (χ3n) is 4.38. The van der Waals surface area contributed by atoms with Gasteiger partial charge < -0.3 is 15.3 Å². The van der Waals surface area contributed by atoms with E-state index in [9.17, 15) is 29.7 Å². The molecule has 0 fully saturated rings. The normalized spacial score (nSPS) is 12.8. The van der Waals surface area contributed by atoms with E-state index >= 15 is 0 Å². The Balaban J connectivity index is 2.17. The highest BCUT2D eigenvalue weighted by Gasteiger charge is 2.38. The van der Waals surface area contributed by atoms with E-state index in [1.807, 2.05) is 0 Å². The summed E-state index contributed by atoms with van der Waals surface area (Å²) < 4.78 is 0. The number of carboxylic acid groups (broad SMARTS) is 1. The highest BCUT2D eigenvalue weighted by molar-refractivity contribution is 6.34. The van der Waals surface area contributed by atoms with Crippen molar-refractivity contribution in [2.75, 3.05) is 0 Å². The fourth-order valence-electron chi connectivity index (χ4n) is 3.27. The molecule has 0 heterocycles. The number of benzene rings is 3. The first-order valence-corrected chi connectivity index (χ1v) is 7.35. The van der Waals surface area contributed by atoms with Gasteiger partial charge in [-0.3, -0.25) is 9.59 Å². The van der Waals surface area contributed by atoms with Crippen molar-refractivity contribution < 1.29 is 29.7 Å². The van der Waals surface area contributed by atoms with Crippen LogP contribution in [0, 0.1) is 0 Å². The molecule has 0 saturated heterocycles. The Bertz CT molecular complexity index is 1130. The molecule has 0 atom stereocenters. The summed E-state index contributed by atoms with van der Waals surface area (Å²) in [5.74, 6) is -3.72. The second-order valence-electron chi connectivity index (χ2n) is 5.68. The van der Waals surface area contributed by atoms with Gasteiger partial charge in [-0.25, -0.2) is 4.79 Å². The third kappa shape index (κ3) is 1.82. The number of aromatic hydroxyl groups is 2. The molecule has 0 amide bonds. The number of aromatic carboxylic acids is 1. The standard InChI is InChI=1S/C19H10O6/c20-15-8-4-1-2-5-9(8)16(21)14-13(15)17(22)10-6-3-7-11(19(24)25)12(10)18(14)23/h1-7,20-21H,(H,24,25). The minimum atomic E-state index is -1.36. The second-order valence-corrected chi connectivity index (χ2v) is 5.68. The van der Waals surface area contributed by atoms with E-state index in [2.05, 4.69) is 0 Å². The van der Waals surface area contributed by atoms with E-state index in [-0.39, 0.29) is 38.6 Å². The van der Waals surface area contributed by atoms with E-state index in [0.717, 1.165) is 0 Å². The van der Waals surface area contributed by atoms with Crippen molar-refractivity contribution in [2.45, 2.75) is 0 Å². The molecule has 0 radical (unpaired) electrons. The largest absolute Gasteiger partial charge is 0.506 e. The van der Waals surface area contributed by atoms with Crippen LogP contribution in [0.5, 0.6) is 11.5 Å². The maximum Gasteiger partial charge on any atom is 0.336 e. The molecule has 0 saturated carbocycles. The summed E-state index contributed by atoms with van der Waals surface area (Å²) in [6, 6.07) is 10.2. The highest BCUT2D eigenvalue weighted by atomic mass is 16.4. The fourth-order valence-corrected chi connectivity index (χ4v) is 3.27. The Morgan fingerprint density at radius 3 is 1.84 bits per heavy atom. The molecule has 6 heteroatoms. The van der Waals surface area contributed by atoms with Crippen LogP contribution in [0.3, 0.4) is 0 Å². The lowest BCUT2D eigenvalue weighted by molar-refractivity contribution is 0.0692. The summed E-state index contributed by atoms with van der Waals surface area (Å²) in [4.78, 5) is 37.2. The van der Waals surface area contributed by atoms with Gasteiger partial charge in [0.1, 0.15) is 11.5 Å². The molecule has 3 aromatic rings. The van der Waals surface area contributed by atoms with E-state index in [1.165, 1.54) is 30.3 Å². The van der Waals surface area contributed by atoms with Gasteiger partial charge in [-0.15, -0.1) is 0 Å². The van der Waals surface area contributed by atoms with Crippen LogP contribution in [0.25, 0.3) is 10.8 Å². The number of carboxylic acids is 1. The molecule has 25 heavy (non-hydrogen) atoms. The predicted octanol–water partition coefficient (Wildman–Crippen LogP) is 2.72. The van der Waals surface area contributed by atoms with Crippen LogP contribution in [0.15, 0.2) is 42.5 Å². The molecular formula is C19H10O6. The van der Waals surface area contributed by atoms with E-state index in [1.54, 1.807) is 12.1 Å². The van der Waals surface area contributed by atoms with Crippen molar-refractivity contribution >= 4 is 28.3 Å². The molecule has 4 rings (SSSR count). The molecular weight excluding hydrogens is 324 g/mol. The van der Waals surface area contributed by atoms with Crippen LogP contribution in [0.1, 0.15) is 42.2 Å². The van der Waals surface area contributed by atoms with Gasteiger partial charge in [0.25, 0.3) is 0 Å². The molecule has 1 aliphatic carbocycles. The van der Waals surface area contributed by atoms with Gasteiger partial charge >= 0.3 is 5.97 Å². The first-order valence-electron chi connectivity index (χ1n) is 7.35. The van der Waals surface area contributed by atoms with Crippen LogP contribution in [0.4, 0.5) is 0 Å². The summed E-state index contributed by atoms with van der Waals surface area (Å²) in [5.41, 5.74) is -1.40. The third-order valence-corrected chi connectivity index (χ3v) is 4.38. The van der Waals surface area contributed by atoms with Crippen LogP contribution in [-0.2, 0) is 0 Å². The fraction of sp³-hybridized carbons (Fsp3) is 0. The second kappa shape index (κ2) is 4.91. The lowest BCUT2D eigenvalue weighted by Gasteiger charge is -2.22. The van der Waals surface area contributed by atoms with Gasteiger partial charge in [0, 0.05) is 21.9 Å². The molecule has 0 aromatic heterocycles. The number of rotatable bonds is 1. The molecule has 0 aliphatic heterocycles. The van der Waals surface area contributed by atoms with Crippen molar-refractivity contribution in [1.82, 2.24) is 0 Å². The maximum atomic E-state index is 12.9. The SMILES string of the molecule is O=C(O)c1cccc2c1C(=O)c1c(c(O)c3ccccc3c1O)C2=O. The van der Waals surface area contributed by atoms with E-state index < -0.39 is 29.0 Å². The van der Waals surface area contributed by atoms with Gasteiger partial charge in [-0.05, 0) is 6.07 Å². The summed E-state index contributed by atoms with van der Waals surface area (Å²) in [6.07, 6.45) is 0. The molecule has 6 nitrogen and oxygen atoms in total. The summed E-state index contributed by atoms with van der Waals surface area (Å²) in [6.45, 7) is 0. The van der Waals surface area contributed by atoms with Gasteiger partial charge in [0.2, 0.25) is 0 Å². The quantitative estimate of drug-likeness (QED) is 0.461. The average Bonchev–Trinajstić information content (AvgIpc) is 2.62. The number of hydrogen-bond donors (Lipinski definition) is 3. The first kappa shape index (κ1) is 14.9. The molecule has 0 unspecified atom stereocenters. The average molecular weight is 334 g/mol. The Morgan fingerprint density at radius 1 is 0.720 bits per heavy atom. The molecule has 3 N–H and O–H groups in total. The summed E-state index contributed by atoms with van der Waals surface area (Å²) in [5, 5.41) is 30.8. The van der Waals surface area contributed by atoms with E-state index in [0.29, 0.717) is 0 Å². The van der Waals surface area contributed by atoms with Gasteiger partial charge in [0.05, 0.1) is 16.7 Å². The topological polar surface area (TPSA) is 112 Å². The highest BCUT2D eigenvalue weighted by Crippen LogP contribution is 2.44. The zero-order valence-corrected chi connectivity index (χ0v) is 12.6. The first-order chi connectivity index (χ1) is 11.9. The van der Waals surface area contributed by atoms with Crippen molar-refractivity contribution in [3.05, 3.63) is 70.3 Å². The van der Waals surface area contributed by atoms with Crippen LogP contribution in [0.2, 0.25) is 0 Å². The number of carbonyl (C=O) groups excluding carboxylic acids is 2. The van der Waals surface area contributed by atoms with Gasteiger partial charge in [0.15, 0.2) is 11.6 Å². The molecule has 1 aliphatic rings. The van der Waals surface area contributed by atoms with E-state index in [4.69, 9.17) is 0 Å². The smallest absolute Gasteiger partial charge is 0.336 e. The monoisotopic (exact) mass is 334 g/mol. The number of fused-ring (bicyclic) bond motifs is 3. The number of ketones is 2. The zero-order valence-electron chi connectivity index (χ0n) is 12.6. The predicted molar refractivity (Wildman–Crippen MR) is 87.5 cm³/mol. The lowest BCUT2D eigenvalue weighted by atomic mass is 9.79. The van der Waals surface area contributed by atoms with Crippen molar-refractivity contribution in [3.8, 4) is 11.5 Å². The zero-order chi connectivity index (χ0) is 17.9. The molecule has 0 bridgehead atoms. The van der Waals surface area contributed by atoms with Crippen LogP contribution >= 0.6 is 0 Å². The number of phenols is 2. The van der Waals surface area contributed by atoms with Crippen molar-refractivity contribution in [3.63, 3.8) is 0 Å². The Morgan fingerprint density at radius 2 is 1.28 bits per heavy atom. The number of phenolic OH excluding ortho intramolecular Hbond substituents is 2. The Kier molecular flexibility index (Phi) is 2.93. The van der Waals surface area contributed by atoms with Crippen LogP contribution in [-0.4, -0.2) is 32.9 Å². The number of hydrogen-bond acceptors (Lipinski definition) is 5. The number of carbonyl (C=O) groups is 3. The minimum Gasteiger partial charge on any atom is -0.506 e. The summed E-state index contributed by atoms with van der Waals surface area (Å²) in [7, 11) is 0. The van der Waals surface area contributed by atoms with Gasteiger partial charge in [-0.2, -0.15) is 0 Å². The summed E-state index contributed by atoms with van der Waals surface area (Å²) >= 11 is 0. The Hall–Kier alpha value is -3.67. The minimum absolute atomic E-state index is 0.109. The van der Waals surface area contributed by atoms with Crippen molar-refractivity contribution in [2.24, 2.45) is 0 Å². The lowest BCUT2D eigenvalue weighted by Crippen LogP contribution is -2.24. The molecule has 0 spiro atoms. The molecule has 3 aromatic carbocycles. The maximum absolute atomic E-state index is 12.9. The van der Waals surface area contributed by atoms with Crippen molar-refractivity contribution in [1.29, 1.82) is 0 Å². The molecule has 122 valence electrons.